The van der Waals surface area contributed by atoms with Crippen LogP contribution in [0.3, 0.4) is 0 Å². The summed E-state index contributed by atoms with van der Waals surface area (Å²) >= 11 is 0. The fourth-order valence-corrected chi connectivity index (χ4v) is 1.29. The summed E-state index contributed by atoms with van der Waals surface area (Å²) in [6, 6.07) is 1.46. The van der Waals surface area contributed by atoms with E-state index < -0.39 is 16.0 Å². The van der Waals surface area contributed by atoms with E-state index in [2.05, 4.69) is 9.14 Å². The molecule has 0 aliphatic heterocycles. The molecule has 0 spiro atoms. The number of furan rings is 1. The van der Waals surface area contributed by atoms with Crippen LogP contribution in [0, 0.1) is 0 Å². The van der Waals surface area contributed by atoms with Gasteiger partial charge in [0.1, 0.15) is 12.9 Å². The van der Waals surface area contributed by atoms with E-state index in [1.807, 2.05) is 0 Å². The maximum absolute atomic E-state index is 11.2. The molecule has 1 heterocycles. The summed E-state index contributed by atoms with van der Waals surface area (Å²) < 4.78 is 32.9. The maximum atomic E-state index is 11.2. The Labute approximate surface area is 87.3 Å². The van der Waals surface area contributed by atoms with Crippen molar-refractivity contribution in [2.24, 2.45) is 0 Å². The fraction of sp³-hybridized carbons (Fsp3) is 0.375. The highest BCUT2D eigenvalue weighted by atomic mass is 32.2. The van der Waals surface area contributed by atoms with Crippen LogP contribution in [0.15, 0.2) is 23.0 Å². The SMILES string of the molecule is CS(=O)(=O)NCCOC(=O)c1ccoc1. The molecule has 0 aliphatic carbocycles. The number of esters is 1. The molecule has 0 atom stereocenters. The molecule has 0 fully saturated rings. The van der Waals surface area contributed by atoms with Gasteiger partial charge in [0.05, 0.1) is 18.1 Å². The summed E-state index contributed by atoms with van der Waals surface area (Å²) in [6.07, 6.45) is 3.64. The van der Waals surface area contributed by atoms with E-state index in [0.717, 1.165) is 6.26 Å². The van der Waals surface area contributed by atoms with Crippen molar-refractivity contribution >= 4 is 16.0 Å². The van der Waals surface area contributed by atoms with Crippen molar-refractivity contribution in [1.29, 1.82) is 0 Å². The highest BCUT2D eigenvalue weighted by Crippen LogP contribution is 2.01. The summed E-state index contributed by atoms with van der Waals surface area (Å²) in [5.41, 5.74) is 0.300. The quantitative estimate of drug-likeness (QED) is 0.571. The van der Waals surface area contributed by atoms with E-state index >= 15 is 0 Å². The predicted molar refractivity (Wildman–Crippen MR) is 51.8 cm³/mol. The molecule has 0 aliphatic rings. The first-order valence-corrected chi connectivity index (χ1v) is 6.02. The van der Waals surface area contributed by atoms with Gasteiger partial charge in [0.2, 0.25) is 10.0 Å². The lowest BCUT2D eigenvalue weighted by Crippen LogP contribution is -2.26. The number of ether oxygens (including phenoxy) is 1. The Morgan fingerprint density at radius 2 is 2.33 bits per heavy atom. The van der Waals surface area contributed by atoms with Crippen LogP contribution in [-0.2, 0) is 14.8 Å². The van der Waals surface area contributed by atoms with E-state index in [0.29, 0.717) is 5.56 Å². The molecule has 0 saturated carbocycles. The van der Waals surface area contributed by atoms with E-state index in [1.165, 1.54) is 18.6 Å². The van der Waals surface area contributed by atoms with Crippen LogP contribution < -0.4 is 4.72 Å². The van der Waals surface area contributed by atoms with Gasteiger partial charge < -0.3 is 9.15 Å². The lowest BCUT2D eigenvalue weighted by atomic mass is 10.3. The van der Waals surface area contributed by atoms with Crippen molar-refractivity contribution in [1.82, 2.24) is 4.72 Å². The minimum Gasteiger partial charge on any atom is -0.472 e. The van der Waals surface area contributed by atoms with Gasteiger partial charge in [0.15, 0.2) is 0 Å². The largest absolute Gasteiger partial charge is 0.472 e. The third-order valence-electron chi connectivity index (χ3n) is 1.46. The molecule has 84 valence electrons. The average molecular weight is 233 g/mol. The molecule has 0 bridgehead atoms. The van der Waals surface area contributed by atoms with Crippen molar-refractivity contribution in [3.63, 3.8) is 0 Å². The van der Waals surface area contributed by atoms with Gasteiger partial charge in [-0.2, -0.15) is 0 Å². The fourth-order valence-electron chi connectivity index (χ4n) is 0.835. The average Bonchev–Trinajstić information content (AvgIpc) is 2.63. The Morgan fingerprint density at radius 1 is 1.60 bits per heavy atom. The zero-order valence-electron chi connectivity index (χ0n) is 8.10. The number of hydrogen-bond donors (Lipinski definition) is 1. The van der Waals surface area contributed by atoms with Crippen LogP contribution in [0.4, 0.5) is 0 Å². The van der Waals surface area contributed by atoms with Gasteiger partial charge in [0, 0.05) is 6.54 Å². The standard InChI is InChI=1S/C8H11NO5S/c1-15(11,12)9-3-5-14-8(10)7-2-4-13-6-7/h2,4,6,9H,3,5H2,1H3. The second-order valence-electron chi connectivity index (χ2n) is 2.81. The van der Waals surface area contributed by atoms with Crippen LogP contribution in [0.5, 0.6) is 0 Å². The molecule has 1 aromatic rings. The van der Waals surface area contributed by atoms with Gasteiger partial charge in [-0.15, -0.1) is 0 Å². The molecule has 0 radical (unpaired) electrons. The number of hydrogen-bond acceptors (Lipinski definition) is 5. The second-order valence-corrected chi connectivity index (χ2v) is 4.65. The van der Waals surface area contributed by atoms with Crippen LogP contribution >= 0.6 is 0 Å². The van der Waals surface area contributed by atoms with E-state index in [4.69, 9.17) is 4.74 Å². The lowest BCUT2D eigenvalue weighted by Gasteiger charge is -2.03. The number of nitrogens with one attached hydrogen (secondary N) is 1. The van der Waals surface area contributed by atoms with Gasteiger partial charge in [-0.25, -0.2) is 17.9 Å². The molecule has 1 N–H and O–H groups in total. The van der Waals surface area contributed by atoms with Crippen LogP contribution in [0.25, 0.3) is 0 Å². The van der Waals surface area contributed by atoms with Gasteiger partial charge in [0.25, 0.3) is 0 Å². The first-order chi connectivity index (χ1) is 6.99. The Bertz CT molecular complexity index is 408. The number of sulfonamides is 1. The van der Waals surface area contributed by atoms with E-state index in [1.54, 1.807) is 0 Å². The van der Waals surface area contributed by atoms with Crippen LogP contribution in [-0.4, -0.2) is 33.8 Å². The molecule has 0 unspecified atom stereocenters. The maximum Gasteiger partial charge on any atom is 0.341 e. The summed E-state index contributed by atoms with van der Waals surface area (Å²) in [5, 5.41) is 0. The topological polar surface area (TPSA) is 85.6 Å². The smallest absolute Gasteiger partial charge is 0.341 e. The lowest BCUT2D eigenvalue weighted by molar-refractivity contribution is 0.0512. The van der Waals surface area contributed by atoms with Crippen LogP contribution in [0.2, 0.25) is 0 Å². The van der Waals surface area contributed by atoms with Crippen molar-refractivity contribution in [3.05, 3.63) is 24.2 Å². The van der Waals surface area contributed by atoms with Crippen molar-refractivity contribution in [2.75, 3.05) is 19.4 Å². The molecule has 7 heteroatoms. The number of rotatable bonds is 5. The van der Waals surface area contributed by atoms with Crippen molar-refractivity contribution in [2.45, 2.75) is 0 Å². The zero-order valence-corrected chi connectivity index (χ0v) is 8.91. The summed E-state index contributed by atoms with van der Waals surface area (Å²) in [7, 11) is -3.24. The highest BCUT2D eigenvalue weighted by molar-refractivity contribution is 7.88. The number of carbonyl (C=O) groups is 1. The summed E-state index contributed by atoms with van der Waals surface area (Å²) in [6.45, 7) is 0.0412. The minimum absolute atomic E-state index is 0.0168. The third-order valence-corrected chi connectivity index (χ3v) is 2.18. The highest BCUT2D eigenvalue weighted by Gasteiger charge is 2.08. The van der Waals surface area contributed by atoms with Gasteiger partial charge >= 0.3 is 5.97 Å². The molecule has 15 heavy (non-hydrogen) atoms. The van der Waals surface area contributed by atoms with Gasteiger partial charge in [-0.05, 0) is 6.07 Å². The molecule has 0 saturated heterocycles. The molecule has 1 aromatic heterocycles. The van der Waals surface area contributed by atoms with E-state index in [9.17, 15) is 13.2 Å². The Hall–Kier alpha value is -1.34. The summed E-state index contributed by atoms with van der Waals surface area (Å²) in [4.78, 5) is 11.2. The normalized spacial score (nSPS) is 11.3. The Balaban J connectivity index is 2.24. The Kier molecular flexibility index (Phi) is 3.87. The summed E-state index contributed by atoms with van der Waals surface area (Å²) in [5.74, 6) is -0.543. The molecule has 1 rings (SSSR count). The molecular weight excluding hydrogens is 222 g/mol. The minimum atomic E-state index is -3.24. The molecular formula is C8H11NO5S. The third kappa shape index (κ3) is 4.61. The first-order valence-electron chi connectivity index (χ1n) is 4.13. The Morgan fingerprint density at radius 3 is 2.87 bits per heavy atom. The predicted octanol–water partition coefficient (Wildman–Crippen LogP) is -0.0144. The van der Waals surface area contributed by atoms with Gasteiger partial charge in [-0.3, -0.25) is 0 Å². The van der Waals surface area contributed by atoms with Crippen LogP contribution in [0.1, 0.15) is 10.4 Å². The number of carbonyl (C=O) groups excluding carboxylic acids is 1. The second kappa shape index (κ2) is 4.94. The van der Waals surface area contributed by atoms with Crippen molar-refractivity contribution in [3.8, 4) is 0 Å². The zero-order chi connectivity index (χ0) is 11.3. The molecule has 0 aromatic carbocycles. The first kappa shape index (κ1) is 11.7. The molecule has 0 amide bonds. The van der Waals surface area contributed by atoms with Gasteiger partial charge in [-0.1, -0.05) is 0 Å². The molecule has 6 nitrogen and oxygen atoms in total. The van der Waals surface area contributed by atoms with Crippen molar-refractivity contribution < 1.29 is 22.4 Å². The van der Waals surface area contributed by atoms with E-state index in [-0.39, 0.29) is 13.2 Å². The monoisotopic (exact) mass is 233 g/mol.